The summed E-state index contributed by atoms with van der Waals surface area (Å²) in [5, 5.41) is 3.94. The fourth-order valence-electron chi connectivity index (χ4n) is 3.09. The Morgan fingerprint density at radius 1 is 1.41 bits per heavy atom. The number of carbonyl (C=O) groups is 1. The maximum Gasteiger partial charge on any atom is 0.223 e. The first-order valence-corrected chi connectivity index (χ1v) is 7.64. The highest BCUT2D eigenvalue weighted by molar-refractivity contribution is 5.77. The number of likely N-dealkylation sites (tertiary alicyclic amines) is 1. The smallest absolute Gasteiger partial charge is 0.223 e. The number of aryl methyl sites for hydroxylation is 2. The van der Waals surface area contributed by atoms with Crippen LogP contribution in [0.4, 0.5) is 0 Å². The van der Waals surface area contributed by atoms with Crippen molar-refractivity contribution in [1.82, 2.24) is 20.0 Å². The molecule has 22 heavy (non-hydrogen) atoms. The first kappa shape index (κ1) is 14.7. The Morgan fingerprint density at radius 2 is 2.27 bits per heavy atom. The summed E-state index contributed by atoms with van der Waals surface area (Å²) in [5.41, 5.74) is 2.80. The van der Waals surface area contributed by atoms with Crippen molar-refractivity contribution in [1.29, 1.82) is 0 Å². The number of rotatable bonds is 4. The number of carbonyl (C=O) groups excluding carboxylic acids is 1. The summed E-state index contributed by atoms with van der Waals surface area (Å²) < 4.78 is 5.15. The van der Waals surface area contributed by atoms with E-state index in [2.05, 4.69) is 15.1 Å². The van der Waals surface area contributed by atoms with Gasteiger partial charge in [-0.05, 0) is 33.1 Å². The highest BCUT2D eigenvalue weighted by Gasteiger charge is 2.30. The molecule has 0 radical (unpaired) electrons. The normalized spacial score (nSPS) is 17.9. The molecule has 2 aromatic rings. The molecule has 2 aromatic heterocycles. The number of amides is 1. The molecule has 1 amide bonds. The van der Waals surface area contributed by atoms with Crippen LogP contribution in [0.1, 0.15) is 48.0 Å². The summed E-state index contributed by atoms with van der Waals surface area (Å²) in [5.74, 6) is 0.963. The fourth-order valence-corrected chi connectivity index (χ4v) is 3.09. The van der Waals surface area contributed by atoms with E-state index in [-0.39, 0.29) is 11.9 Å². The van der Waals surface area contributed by atoms with Crippen molar-refractivity contribution < 1.29 is 9.32 Å². The Balaban J connectivity index is 1.67. The molecule has 1 saturated heterocycles. The van der Waals surface area contributed by atoms with Crippen LogP contribution < -0.4 is 0 Å². The SMILES string of the molecule is Cc1noc(C)c1CCC(=O)N1CCC[C@H]1c1cnccn1. The zero-order valence-electron chi connectivity index (χ0n) is 13.0. The minimum atomic E-state index is 0.0610. The number of hydrogen-bond donors (Lipinski definition) is 0. The lowest BCUT2D eigenvalue weighted by atomic mass is 10.1. The Bertz CT molecular complexity index is 634. The summed E-state index contributed by atoms with van der Waals surface area (Å²) in [4.78, 5) is 23.0. The van der Waals surface area contributed by atoms with Gasteiger partial charge < -0.3 is 9.42 Å². The maximum absolute atomic E-state index is 12.6. The second-order valence-corrected chi connectivity index (χ2v) is 5.68. The molecular formula is C16H20N4O2. The first-order valence-electron chi connectivity index (χ1n) is 7.64. The fraction of sp³-hybridized carbons (Fsp3) is 0.500. The lowest BCUT2D eigenvalue weighted by Gasteiger charge is -2.24. The highest BCUT2D eigenvalue weighted by atomic mass is 16.5. The minimum Gasteiger partial charge on any atom is -0.361 e. The van der Waals surface area contributed by atoms with Crippen molar-refractivity contribution in [2.75, 3.05) is 6.54 Å². The molecule has 0 N–H and O–H groups in total. The predicted octanol–water partition coefficient (Wildman–Crippen LogP) is 2.38. The Labute approximate surface area is 129 Å². The Morgan fingerprint density at radius 3 is 2.95 bits per heavy atom. The van der Waals surface area contributed by atoms with Gasteiger partial charge in [0.15, 0.2) is 0 Å². The highest BCUT2D eigenvalue weighted by Crippen LogP contribution is 2.31. The summed E-state index contributed by atoms with van der Waals surface area (Å²) in [6, 6.07) is 0.0610. The lowest BCUT2D eigenvalue weighted by molar-refractivity contribution is -0.132. The second-order valence-electron chi connectivity index (χ2n) is 5.68. The standard InChI is InChI=1S/C16H20N4O2/c1-11-13(12(2)22-19-11)5-6-16(21)20-9-3-4-15(20)14-10-17-7-8-18-14/h7-8,10,15H,3-6,9H2,1-2H3/t15-/m0/s1. The quantitative estimate of drug-likeness (QED) is 0.867. The van der Waals surface area contributed by atoms with Crippen LogP contribution in [-0.4, -0.2) is 32.5 Å². The van der Waals surface area contributed by atoms with Crippen LogP contribution in [0.3, 0.4) is 0 Å². The van der Waals surface area contributed by atoms with Crippen molar-refractivity contribution in [3.8, 4) is 0 Å². The third kappa shape index (κ3) is 2.86. The Kier molecular flexibility index (Phi) is 4.18. The number of nitrogens with zero attached hydrogens (tertiary/aromatic N) is 4. The van der Waals surface area contributed by atoms with Crippen molar-refractivity contribution in [3.05, 3.63) is 41.3 Å². The molecule has 1 atom stereocenters. The van der Waals surface area contributed by atoms with Crippen molar-refractivity contribution in [3.63, 3.8) is 0 Å². The molecule has 116 valence electrons. The van der Waals surface area contributed by atoms with Crippen LogP contribution in [-0.2, 0) is 11.2 Å². The van der Waals surface area contributed by atoms with Crippen molar-refractivity contribution in [2.45, 2.75) is 45.6 Å². The van der Waals surface area contributed by atoms with E-state index in [0.717, 1.165) is 42.1 Å². The Hall–Kier alpha value is -2.24. The van der Waals surface area contributed by atoms with E-state index in [4.69, 9.17) is 4.52 Å². The maximum atomic E-state index is 12.6. The molecule has 1 aliphatic heterocycles. The molecule has 0 saturated carbocycles. The monoisotopic (exact) mass is 300 g/mol. The molecule has 0 aliphatic carbocycles. The van der Waals surface area contributed by atoms with Crippen molar-refractivity contribution >= 4 is 5.91 Å². The van der Waals surface area contributed by atoms with E-state index in [1.165, 1.54) is 0 Å². The average Bonchev–Trinajstić information content (AvgIpc) is 3.14. The third-order valence-corrected chi connectivity index (χ3v) is 4.27. The van der Waals surface area contributed by atoms with Gasteiger partial charge in [-0.3, -0.25) is 14.8 Å². The molecule has 0 spiro atoms. The molecule has 6 heteroatoms. The number of aromatic nitrogens is 3. The lowest BCUT2D eigenvalue weighted by Crippen LogP contribution is -2.31. The van der Waals surface area contributed by atoms with Gasteiger partial charge in [-0.25, -0.2) is 0 Å². The zero-order valence-corrected chi connectivity index (χ0v) is 13.0. The molecule has 0 bridgehead atoms. The molecule has 3 rings (SSSR count). The van der Waals surface area contributed by atoms with Gasteiger partial charge in [0.05, 0.1) is 23.6 Å². The van der Waals surface area contributed by atoms with Gasteiger partial charge in [0.2, 0.25) is 5.91 Å². The molecular weight excluding hydrogens is 280 g/mol. The van der Waals surface area contributed by atoms with Gasteiger partial charge in [0.1, 0.15) is 5.76 Å². The van der Waals surface area contributed by atoms with E-state index in [9.17, 15) is 4.79 Å². The van der Waals surface area contributed by atoms with Gasteiger partial charge in [-0.2, -0.15) is 0 Å². The van der Waals surface area contributed by atoms with E-state index < -0.39 is 0 Å². The second kappa shape index (κ2) is 6.25. The van der Waals surface area contributed by atoms with Gasteiger partial charge in [-0.1, -0.05) is 5.16 Å². The largest absolute Gasteiger partial charge is 0.361 e. The predicted molar refractivity (Wildman–Crippen MR) is 80.0 cm³/mol. The van der Waals surface area contributed by atoms with Crippen LogP contribution in [0, 0.1) is 13.8 Å². The molecule has 0 unspecified atom stereocenters. The first-order chi connectivity index (χ1) is 10.7. The van der Waals surface area contributed by atoms with Crippen LogP contribution in [0.5, 0.6) is 0 Å². The summed E-state index contributed by atoms with van der Waals surface area (Å²) in [6.45, 7) is 4.59. The third-order valence-electron chi connectivity index (χ3n) is 4.27. The molecule has 0 aromatic carbocycles. The van der Waals surface area contributed by atoms with Crippen LogP contribution in [0.2, 0.25) is 0 Å². The van der Waals surface area contributed by atoms with Gasteiger partial charge in [0, 0.05) is 30.9 Å². The van der Waals surface area contributed by atoms with E-state index in [1.54, 1.807) is 18.6 Å². The zero-order chi connectivity index (χ0) is 15.5. The summed E-state index contributed by atoms with van der Waals surface area (Å²) in [6.07, 6.45) is 8.20. The average molecular weight is 300 g/mol. The molecule has 1 aliphatic rings. The van der Waals surface area contributed by atoms with Crippen molar-refractivity contribution in [2.24, 2.45) is 0 Å². The topological polar surface area (TPSA) is 72.1 Å². The summed E-state index contributed by atoms with van der Waals surface area (Å²) >= 11 is 0. The van der Waals surface area contributed by atoms with Crippen LogP contribution in [0.15, 0.2) is 23.1 Å². The molecule has 6 nitrogen and oxygen atoms in total. The number of hydrogen-bond acceptors (Lipinski definition) is 5. The summed E-state index contributed by atoms with van der Waals surface area (Å²) in [7, 11) is 0. The van der Waals surface area contributed by atoms with Crippen LogP contribution >= 0.6 is 0 Å². The van der Waals surface area contributed by atoms with Gasteiger partial charge >= 0.3 is 0 Å². The molecule has 3 heterocycles. The minimum absolute atomic E-state index is 0.0610. The van der Waals surface area contributed by atoms with Crippen LogP contribution in [0.25, 0.3) is 0 Å². The van der Waals surface area contributed by atoms with Gasteiger partial charge in [0.25, 0.3) is 0 Å². The van der Waals surface area contributed by atoms with E-state index >= 15 is 0 Å². The molecule has 1 fully saturated rings. The van der Waals surface area contributed by atoms with E-state index in [0.29, 0.717) is 12.8 Å². The van der Waals surface area contributed by atoms with E-state index in [1.807, 2.05) is 18.7 Å². The van der Waals surface area contributed by atoms with Gasteiger partial charge in [-0.15, -0.1) is 0 Å².